The summed E-state index contributed by atoms with van der Waals surface area (Å²) in [5.74, 6) is 0.171. The number of esters is 1. The number of methoxy groups -OCH3 is 1. The molecule has 0 saturated heterocycles. The maximum atomic E-state index is 11.7. The smallest absolute Gasteiger partial charge is 0.338 e. The Balaban J connectivity index is 2.15. The number of Topliss-reactive ketones (excluding diaryl/α,β-unsaturated/α-hetero) is 1. The fourth-order valence-electron chi connectivity index (χ4n) is 1.92. The second kappa shape index (κ2) is 6.70. The Labute approximate surface area is 123 Å². The highest BCUT2D eigenvalue weighted by molar-refractivity contribution is 5.94. The van der Waals surface area contributed by atoms with Gasteiger partial charge in [0.1, 0.15) is 12.4 Å². The van der Waals surface area contributed by atoms with Crippen LogP contribution < -0.4 is 4.74 Å². The summed E-state index contributed by atoms with van der Waals surface area (Å²) >= 11 is 0. The second-order valence-electron chi connectivity index (χ2n) is 4.52. The van der Waals surface area contributed by atoms with Crippen molar-refractivity contribution in [1.82, 2.24) is 0 Å². The first-order valence-electron chi connectivity index (χ1n) is 6.52. The van der Waals surface area contributed by atoms with Crippen LogP contribution >= 0.6 is 0 Å². The highest BCUT2D eigenvalue weighted by Gasteiger charge is 2.11. The summed E-state index contributed by atoms with van der Waals surface area (Å²) < 4.78 is 10.4. The van der Waals surface area contributed by atoms with Gasteiger partial charge in [0, 0.05) is 11.1 Å². The number of benzene rings is 2. The quantitative estimate of drug-likeness (QED) is 0.624. The Bertz CT molecular complexity index is 661. The summed E-state index contributed by atoms with van der Waals surface area (Å²) in [6, 6.07) is 14.0. The fraction of sp³-hybridized carbons (Fsp3) is 0.176. The number of carbonyl (C=O) groups excluding carboxylic acids is 2. The number of ether oxygens (including phenoxy) is 2. The number of ketones is 1. The molecule has 0 N–H and O–H groups in total. The fourth-order valence-corrected chi connectivity index (χ4v) is 1.92. The van der Waals surface area contributed by atoms with Crippen LogP contribution in [0.4, 0.5) is 0 Å². The van der Waals surface area contributed by atoms with Crippen LogP contribution in [0, 0.1) is 0 Å². The number of hydrogen-bond donors (Lipinski definition) is 0. The molecular weight excluding hydrogens is 268 g/mol. The van der Waals surface area contributed by atoms with E-state index in [-0.39, 0.29) is 12.4 Å². The minimum atomic E-state index is -0.397. The Morgan fingerprint density at radius 1 is 1.05 bits per heavy atom. The van der Waals surface area contributed by atoms with Crippen LogP contribution in [0.5, 0.6) is 5.75 Å². The molecule has 0 unspecified atom stereocenters. The molecule has 0 saturated carbocycles. The normalized spacial score (nSPS) is 10.0. The van der Waals surface area contributed by atoms with Crippen LogP contribution in [0.1, 0.15) is 33.2 Å². The highest BCUT2D eigenvalue weighted by Crippen LogP contribution is 2.17. The largest absolute Gasteiger partial charge is 0.489 e. The van der Waals surface area contributed by atoms with Gasteiger partial charge in [-0.1, -0.05) is 30.3 Å². The second-order valence-corrected chi connectivity index (χ2v) is 4.52. The Hall–Kier alpha value is -2.62. The lowest BCUT2D eigenvalue weighted by molar-refractivity contribution is 0.0597. The van der Waals surface area contributed by atoms with Crippen molar-refractivity contribution in [3.8, 4) is 5.75 Å². The van der Waals surface area contributed by atoms with Gasteiger partial charge in [0.05, 0.1) is 12.7 Å². The van der Waals surface area contributed by atoms with Crippen molar-refractivity contribution in [2.24, 2.45) is 0 Å². The number of carbonyl (C=O) groups is 2. The molecule has 0 spiro atoms. The molecule has 0 aromatic heterocycles. The molecule has 0 radical (unpaired) electrons. The lowest BCUT2D eigenvalue weighted by Gasteiger charge is -2.10. The predicted octanol–water partition coefficient (Wildman–Crippen LogP) is 3.25. The van der Waals surface area contributed by atoms with Gasteiger partial charge >= 0.3 is 5.97 Å². The van der Waals surface area contributed by atoms with Crippen LogP contribution in [0.25, 0.3) is 0 Å². The molecule has 4 nitrogen and oxygen atoms in total. The van der Waals surface area contributed by atoms with Gasteiger partial charge in [-0.2, -0.15) is 0 Å². The predicted molar refractivity (Wildman–Crippen MR) is 78.6 cm³/mol. The van der Waals surface area contributed by atoms with Crippen molar-refractivity contribution in [3.05, 3.63) is 65.2 Å². The Morgan fingerprint density at radius 3 is 2.52 bits per heavy atom. The maximum Gasteiger partial charge on any atom is 0.338 e. The van der Waals surface area contributed by atoms with Crippen LogP contribution in [-0.4, -0.2) is 18.9 Å². The minimum Gasteiger partial charge on any atom is -0.489 e. The molecule has 0 bridgehead atoms. The molecule has 2 aromatic rings. The highest BCUT2D eigenvalue weighted by atomic mass is 16.5. The van der Waals surface area contributed by atoms with Crippen LogP contribution in [0.2, 0.25) is 0 Å². The van der Waals surface area contributed by atoms with E-state index in [0.717, 1.165) is 5.56 Å². The molecule has 0 aliphatic heterocycles. The molecule has 0 aliphatic carbocycles. The van der Waals surface area contributed by atoms with Gasteiger partial charge in [-0.05, 0) is 25.1 Å². The standard InChI is InChI=1S/C17H16O4/c1-12(18)13-7-5-8-15(10-13)21-11-14-6-3-4-9-16(14)17(19)20-2/h3-10H,11H2,1-2H3. The van der Waals surface area contributed by atoms with Crippen molar-refractivity contribution in [3.63, 3.8) is 0 Å². The number of rotatable bonds is 5. The average Bonchev–Trinajstić information content (AvgIpc) is 2.52. The van der Waals surface area contributed by atoms with Crippen molar-refractivity contribution in [2.45, 2.75) is 13.5 Å². The Kier molecular flexibility index (Phi) is 4.72. The molecule has 2 aromatic carbocycles. The van der Waals surface area contributed by atoms with Crippen LogP contribution in [-0.2, 0) is 11.3 Å². The zero-order valence-corrected chi connectivity index (χ0v) is 12.0. The van der Waals surface area contributed by atoms with Crippen molar-refractivity contribution < 1.29 is 19.1 Å². The summed E-state index contributed by atoms with van der Waals surface area (Å²) in [6.07, 6.45) is 0. The molecule has 21 heavy (non-hydrogen) atoms. The third kappa shape index (κ3) is 3.69. The zero-order valence-electron chi connectivity index (χ0n) is 12.0. The van der Waals surface area contributed by atoms with E-state index >= 15 is 0 Å². The third-order valence-corrected chi connectivity index (χ3v) is 3.06. The average molecular weight is 284 g/mol. The third-order valence-electron chi connectivity index (χ3n) is 3.06. The van der Waals surface area contributed by atoms with Gasteiger partial charge in [0.2, 0.25) is 0 Å². The van der Waals surface area contributed by atoms with Crippen molar-refractivity contribution >= 4 is 11.8 Å². The molecule has 108 valence electrons. The lowest BCUT2D eigenvalue weighted by Crippen LogP contribution is -2.08. The molecule has 2 rings (SSSR count). The van der Waals surface area contributed by atoms with E-state index in [1.807, 2.05) is 6.07 Å². The van der Waals surface area contributed by atoms with E-state index in [0.29, 0.717) is 16.9 Å². The summed E-state index contributed by atoms with van der Waals surface area (Å²) in [5, 5.41) is 0. The van der Waals surface area contributed by atoms with E-state index in [4.69, 9.17) is 9.47 Å². The van der Waals surface area contributed by atoms with Crippen LogP contribution in [0.3, 0.4) is 0 Å². The van der Waals surface area contributed by atoms with E-state index in [1.54, 1.807) is 42.5 Å². The van der Waals surface area contributed by atoms with Gasteiger partial charge in [-0.15, -0.1) is 0 Å². The molecule has 4 heteroatoms. The van der Waals surface area contributed by atoms with Gasteiger partial charge < -0.3 is 9.47 Å². The van der Waals surface area contributed by atoms with Crippen LogP contribution in [0.15, 0.2) is 48.5 Å². The molecule has 0 aliphatic rings. The summed E-state index contributed by atoms with van der Waals surface area (Å²) in [7, 11) is 1.34. The minimum absolute atomic E-state index is 0.0181. The molecule has 0 atom stereocenters. The monoisotopic (exact) mass is 284 g/mol. The lowest BCUT2D eigenvalue weighted by atomic mass is 10.1. The van der Waals surface area contributed by atoms with Gasteiger partial charge in [-0.3, -0.25) is 4.79 Å². The van der Waals surface area contributed by atoms with E-state index in [2.05, 4.69) is 0 Å². The molecule has 0 heterocycles. The SMILES string of the molecule is COC(=O)c1ccccc1COc1cccc(C(C)=O)c1. The molecule has 0 fully saturated rings. The zero-order chi connectivity index (χ0) is 15.2. The Morgan fingerprint density at radius 2 is 1.81 bits per heavy atom. The summed E-state index contributed by atoms with van der Waals surface area (Å²) in [6.45, 7) is 1.73. The van der Waals surface area contributed by atoms with Gasteiger partial charge in [-0.25, -0.2) is 4.79 Å². The van der Waals surface area contributed by atoms with Gasteiger partial charge in [0.15, 0.2) is 5.78 Å². The first-order chi connectivity index (χ1) is 10.1. The van der Waals surface area contributed by atoms with E-state index in [1.165, 1.54) is 14.0 Å². The first-order valence-corrected chi connectivity index (χ1v) is 6.52. The molecule has 0 amide bonds. The maximum absolute atomic E-state index is 11.7. The van der Waals surface area contributed by atoms with E-state index in [9.17, 15) is 9.59 Å². The van der Waals surface area contributed by atoms with Crippen molar-refractivity contribution in [1.29, 1.82) is 0 Å². The summed E-state index contributed by atoms with van der Waals surface area (Å²) in [5.41, 5.74) is 1.80. The van der Waals surface area contributed by atoms with Gasteiger partial charge in [0.25, 0.3) is 0 Å². The van der Waals surface area contributed by atoms with E-state index < -0.39 is 5.97 Å². The first kappa shape index (κ1) is 14.8. The number of hydrogen-bond acceptors (Lipinski definition) is 4. The summed E-state index contributed by atoms with van der Waals surface area (Å²) in [4.78, 5) is 23.0. The topological polar surface area (TPSA) is 52.6 Å². The van der Waals surface area contributed by atoms with Crippen molar-refractivity contribution in [2.75, 3.05) is 7.11 Å². The molecular formula is C17H16O4.